The summed E-state index contributed by atoms with van der Waals surface area (Å²) < 4.78 is 26.8. The van der Waals surface area contributed by atoms with Crippen LogP contribution in [0.2, 0.25) is 0 Å². The van der Waals surface area contributed by atoms with Gasteiger partial charge in [-0.2, -0.15) is 0 Å². The Labute approximate surface area is 227 Å². The number of carbonyl (C=O) groups is 2. The van der Waals surface area contributed by atoms with Crippen molar-refractivity contribution < 1.29 is 33.3 Å². The Kier molecular flexibility index (Phi) is 11.1. The van der Waals surface area contributed by atoms with Crippen molar-refractivity contribution in [1.29, 1.82) is 0 Å². The van der Waals surface area contributed by atoms with Gasteiger partial charge in [0.05, 0.1) is 33.1 Å². The standard InChI is InChI=1S/C29H32ClNO7/c1-4-36-29(33)38-25-13-11-22(23(18-30)28(25)35-3)17-27(32)31-15-14-20-10-12-24(26(16-20)34-2)37-19-21-8-6-5-7-9-21/h5-13,16H,4,14-15,17-19H2,1-3H3,(H,31,32). The smallest absolute Gasteiger partial charge is 0.493 e. The first-order valence-electron chi connectivity index (χ1n) is 12.2. The molecule has 0 spiro atoms. The second-order valence-electron chi connectivity index (χ2n) is 8.19. The van der Waals surface area contributed by atoms with E-state index in [1.54, 1.807) is 26.2 Å². The number of methoxy groups -OCH3 is 2. The van der Waals surface area contributed by atoms with Crippen molar-refractivity contribution in [2.24, 2.45) is 0 Å². The lowest BCUT2D eigenvalue weighted by Gasteiger charge is -2.16. The Hall–Kier alpha value is -3.91. The highest BCUT2D eigenvalue weighted by Gasteiger charge is 2.19. The van der Waals surface area contributed by atoms with Gasteiger partial charge in [0.15, 0.2) is 23.0 Å². The maximum absolute atomic E-state index is 12.7. The summed E-state index contributed by atoms with van der Waals surface area (Å²) in [6.45, 7) is 2.74. The van der Waals surface area contributed by atoms with E-state index >= 15 is 0 Å². The van der Waals surface area contributed by atoms with Crippen molar-refractivity contribution in [2.45, 2.75) is 32.3 Å². The number of benzene rings is 3. The fourth-order valence-corrected chi connectivity index (χ4v) is 4.10. The number of alkyl halides is 1. The number of hydrogen-bond acceptors (Lipinski definition) is 7. The first kappa shape index (κ1) is 28.7. The first-order valence-corrected chi connectivity index (χ1v) is 12.7. The number of ether oxygens (including phenoxy) is 5. The zero-order valence-electron chi connectivity index (χ0n) is 21.8. The van der Waals surface area contributed by atoms with Crippen LogP contribution >= 0.6 is 11.6 Å². The molecule has 0 heterocycles. The van der Waals surface area contributed by atoms with Gasteiger partial charge in [-0.25, -0.2) is 4.79 Å². The van der Waals surface area contributed by atoms with Crippen LogP contribution < -0.4 is 24.3 Å². The third kappa shape index (κ3) is 8.05. The lowest BCUT2D eigenvalue weighted by Crippen LogP contribution is -2.27. The molecule has 8 nitrogen and oxygen atoms in total. The van der Waals surface area contributed by atoms with E-state index in [1.165, 1.54) is 7.11 Å². The molecule has 0 aliphatic rings. The molecule has 202 valence electrons. The average molecular weight is 542 g/mol. The molecule has 1 N–H and O–H groups in total. The summed E-state index contributed by atoms with van der Waals surface area (Å²) in [7, 11) is 3.04. The van der Waals surface area contributed by atoms with E-state index in [9.17, 15) is 9.59 Å². The maximum atomic E-state index is 12.7. The monoisotopic (exact) mass is 541 g/mol. The fraction of sp³-hybridized carbons (Fsp3) is 0.310. The summed E-state index contributed by atoms with van der Waals surface area (Å²) in [6.07, 6.45) is -0.142. The lowest BCUT2D eigenvalue weighted by molar-refractivity contribution is -0.120. The normalized spacial score (nSPS) is 10.4. The quantitative estimate of drug-likeness (QED) is 0.174. The fourth-order valence-electron chi connectivity index (χ4n) is 3.80. The van der Waals surface area contributed by atoms with E-state index in [-0.39, 0.29) is 30.6 Å². The zero-order chi connectivity index (χ0) is 27.3. The Morgan fingerprint density at radius 2 is 1.66 bits per heavy atom. The van der Waals surface area contributed by atoms with E-state index in [1.807, 2.05) is 48.5 Å². The van der Waals surface area contributed by atoms with Crippen LogP contribution in [-0.2, 0) is 34.9 Å². The van der Waals surface area contributed by atoms with Gasteiger partial charge in [0, 0.05) is 12.1 Å². The van der Waals surface area contributed by atoms with Crippen molar-refractivity contribution in [1.82, 2.24) is 5.32 Å². The number of halogens is 1. The molecule has 38 heavy (non-hydrogen) atoms. The van der Waals surface area contributed by atoms with Gasteiger partial charge in [0.25, 0.3) is 0 Å². The molecule has 9 heteroatoms. The summed E-state index contributed by atoms with van der Waals surface area (Å²) >= 11 is 6.15. The second-order valence-corrected chi connectivity index (χ2v) is 8.46. The van der Waals surface area contributed by atoms with E-state index in [0.29, 0.717) is 47.9 Å². The number of amides is 1. The summed E-state index contributed by atoms with van der Waals surface area (Å²) in [4.78, 5) is 24.4. The Bertz CT molecular complexity index is 1220. The molecule has 0 unspecified atom stereocenters. The molecule has 0 aromatic heterocycles. The molecule has 0 aliphatic carbocycles. The topological polar surface area (TPSA) is 92.3 Å². The lowest BCUT2D eigenvalue weighted by atomic mass is 10.0. The van der Waals surface area contributed by atoms with Crippen LogP contribution in [0.5, 0.6) is 23.0 Å². The largest absolute Gasteiger partial charge is 0.513 e. The van der Waals surface area contributed by atoms with E-state index in [4.69, 9.17) is 35.3 Å². The molecule has 0 bridgehead atoms. The highest BCUT2D eigenvalue weighted by Crippen LogP contribution is 2.35. The van der Waals surface area contributed by atoms with Crippen molar-refractivity contribution in [3.63, 3.8) is 0 Å². The predicted octanol–water partition coefficient (Wildman–Crippen LogP) is 5.46. The van der Waals surface area contributed by atoms with Gasteiger partial charge in [-0.3, -0.25) is 4.79 Å². The number of rotatable bonds is 13. The van der Waals surface area contributed by atoms with Gasteiger partial charge in [-0.15, -0.1) is 11.6 Å². The second kappa shape index (κ2) is 14.7. The van der Waals surface area contributed by atoms with Crippen LogP contribution in [-0.4, -0.2) is 39.4 Å². The van der Waals surface area contributed by atoms with Gasteiger partial charge in [0.1, 0.15) is 6.61 Å². The van der Waals surface area contributed by atoms with Crippen LogP contribution in [0.3, 0.4) is 0 Å². The van der Waals surface area contributed by atoms with Gasteiger partial charge >= 0.3 is 6.16 Å². The van der Waals surface area contributed by atoms with Crippen molar-refractivity contribution in [3.05, 3.63) is 82.9 Å². The van der Waals surface area contributed by atoms with E-state index < -0.39 is 6.16 Å². The number of hydrogen-bond donors (Lipinski definition) is 1. The minimum atomic E-state index is -0.843. The van der Waals surface area contributed by atoms with Crippen molar-refractivity contribution in [3.8, 4) is 23.0 Å². The summed E-state index contributed by atoms with van der Waals surface area (Å²) in [6, 6.07) is 18.9. The SMILES string of the molecule is CCOC(=O)Oc1ccc(CC(=O)NCCc2ccc(OCc3ccccc3)c(OC)c2)c(CCl)c1OC. The Morgan fingerprint density at radius 3 is 2.34 bits per heavy atom. The van der Waals surface area contributed by atoms with Gasteiger partial charge in [0.2, 0.25) is 5.91 Å². The van der Waals surface area contributed by atoms with Gasteiger partial charge < -0.3 is 29.0 Å². The molecule has 0 radical (unpaired) electrons. The van der Waals surface area contributed by atoms with Crippen LogP contribution in [0.15, 0.2) is 60.7 Å². The van der Waals surface area contributed by atoms with Crippen molar-refractivity contribution >= 4 is 23.7 Å². The third-order valence-corrected chi connectivity index (χ3v) is 5.93. The van der Waals surface area contributed by atoms with E-state index in [0.717, 1.165) is 11.1 Å². The van der Waals surface area contributed by atoms with Crippen LogP contribution in [0.1, 0.15) is 29.2 Å². The van der Waals surface area contributed by atoms with Gasteiger partial charge in [-0.05, 0) is 48.2 Å². The first-order chi connectivity index (χ1) is 18.5. The molecule has 0 fully saturated rings. The van der Waals surface area contributed by atoms with Crippen LogP contribution in [0, 0.1) is 0 Å². The molecule has 1 amide bonds. The molecular weight excluding hydrogens is 510 g/mol. The molecule has 3 rings (SSSR count). The highest BCUT2D eigenvalue weighted by molar-refractivity contribution is 6.17. The third-order valence-electron chi connectivity index (χ3n) is 5.67. The molecule has 3 aromatic rings. The molecule has 0 atom stereocenters. The number of carbonyl (C=O) groups excluding carboxylic acids is 2. The maximum Gasteiger partial charge on any atom is 0.513 e. The minimum absolute atomic E-state index is 0.0737. The molecule has 3 aromatic carbocycles. The minimum Gasteiger partial charge on any atom is -0.493 e. The summed E-state index contributed by atoms with van der Waals surface area (Å²) in [5, 5.41) is 2.93. The molecule has 0 saturated heterocycles. The summed E-state index contributed by atoms with van der Waals surface area (Å²) in [5.41, 5.74) is 3.31. The number of nitrogens with one attached hydrogen (secondary N) is 1. The Balaban J connectivity index is 1.57. The average Bonchev–Trinajstić information content (AvgIpc) is 2.93. The van der Waals surface area contributed by atoms with Crippen LogP contribution in [0.4, 0.5) is 4.79 Å². The van der Waals surface area contributed by atoms with Crippen LogP contribution in [0.25, 0.3) is 0 Å². The van der Waals surface area contributed by atoms with Crippen molar-refractivity contribution in [2.75, 3.05) is 27.4 Å². The molecule has 0 aliphatic heterocycles. The van der Waals surface area contributed by atoms with E-state index in [2.05, 4.69) is 5.32 Å². The Morgan fingerprint density at radius 1 is 0.895 bits per heavy atom. The highest BCUT2D eigenvalue weighted by atomic mass is 35.5. The molecule has 0 saturated carbocycles. The predicted molar refractivity (Wildman–Crippen MR) is 144 cm³/mol. The van der Waals surface area contributed by atoms with Gasteiger partial charge in [-0.1, -0.05) is 42.5 Å². The summed E-state index contributed by atoms with van der Waals surface area (Å²) in [5.74, 6) is 1.66. The molecular formula is C29H32ClNO7. The zero-order valence-corrected chi connectivity index (χ0v) is 22.5.